The van der Waals surface area contributed by atoms with E-state index in [4.69, 9.17) is 9.84 Å². The number of ether oxygens (including phenoxy) is 1. The van der Waals surface area contributed by atoms with Crippen LogP contribution >= 0.6 is 0 Å². The van der Waals surface area contributed by atoms with Crippen LogP contribution in [0.2, 0.25) is 0 Å². The van der Waals surface area contributed by atoms with Gasteiger partial charge in [0.2, 0.25) is 0 Å². The number of aliphatic hydroxyl groups excluding tert-OH is 1. The summed E-state index contributed by atoms with van der Waals surface area (Å²) in [6.45, 7) is 8.75. The molecule has 1 unspecified atom stereocenters. The van der Waals surface area contributed by atoms with Gasteiger partial charge in [0, 0.05) is 0 Å². The molecule has 12 heavy (non-hydrogen) atoms. The van der Waals surface area contributed by atoms with Crippen LogP contribution in [0.3, 0.4) is 0 Å². The second kappa shape index (κ2) is 3.73. The van der Waals surface area contributed by atoms with E-state index in [-0.39, 0.29) is 12.2 Å². The largest absolute Gasteiger partial charge is 0.394 e. The molecule has 3 heteroatoms. The van der Waals surface area contributed by atoms with E-state index in [2.05, 4.69) is 0 Å². The van der Waals surface area contributed by atoms with E-state index in [9.17, 15) is 5.11 Å². The molecule has 0 saturated heterocycles. The summed E-state index contributed by atoms with van der Waals surface area (Å²) in [5, 5.41) is 18.5. The SMILES string of the molecule is CC(C)(C)OC(CO)C(C)(C)O. The Hall–Kier alpha value is -0.120. The molecule has 2 N–H and O–H groups in total. The van der Waals surface area contributed by atoms with Crippen molar-refractivity contribution in [2.45, 2.75) is 51.9 Å². The van der Waals surface area contributed by atoms with Gasteiger partial charge in [-0.15, -0.1) is 0 Å². The second-order valence-electron chi connectivity index (χ2n) is 4.56. The van der Waals surface area contributed by atoms with Gasteiger partial charge in [-0.05, 0) is 34.6 Å². The summed E-state index contributed by atoms with van der Waals surface area (Å²) in [5.41, 5.74) is -1.34. The first-order valence-corrected chi connectivity index (χ1v) is 4.18. The standard InChI is InChI=1S/C9H20O3/c1-8(2,3)12-7(6-10)9(4,5)11/h7,10-11H,6H2,1-5H3. The minimum absolute atomic E-state index is 0.166. The van der Waals surface area contributed by atoms with E-state index >= 15 is 0 Å². The lowest BCUT2D eigenvalue weighted by molar-refractivity contribution is -0.159. The molecule has 0 amide bonds. The summed E-state index contributed by atoms with van der Waals surface area (Å²) in [5.74, 6) is 0. The zero-order valence-corrected chi connectivity index (χ0v) is 8.59. The monoisotopic (exact) mass is 176 g/mol. The van der Waals surface area contributed by atoms with Gasteiger partial charge in [-0.1, -0.05) is 0 Å². The molecule has 3 nitrogen and oxygen atoms in total. The highest BCUT2D eigenvalue weighted by Crippen LogP contribution is 2.19. The topological polar surface area (TPSA) is 49.7 Å². The van der Waals surface area contributed by atoms with Crippen LogP contribution < -0.4 is 0 Å². The molecule has 74 valence electrons. The van der Waals surface area contributed by atoms with Crippen molar-refractivity contribution < 1.29 is 14.9 Å². The van der Waals surface area contributed by atoms with E-state index in [0.29, 0.717) is 0 Å². The van der Waals surface area contributed by atoms with Gasteiger partial charge in [0.25, 0.3) is 0 Å². The van der Waals surface area contributed by atoms with E-state index in [1.165, 1.54) is 0 Å². The van der Waals surface area contributed by atoms with Gasteiger partial charge in [-0.25, -0.2) is 0 Å². The first-order valence-electron chi connectivity index (χ1n) is 4.18. The highest BCUT2D eigenvalue weighted by Gasteiger charge is 2.30. The molecule has 0 aliphatic heterocycles. The molecule has 1 atom stereocenters. The Kier molecular flexibility index (Phi) is 3.69. The molecule has 0 radical (unpaired) electrons. The fourth-order valence-corrected chi connectivity index (χ4v) is 0.832. The van der Waals surface area contributed by atoms with Crippen molar-refractivity contribution in [3.63, 3.8) is 0 Å². The van der Waals surface area contributed by atoms with Gasteiger partial charge < -0.3 is 14.9 Å². The van der Waals surface area contributed by atoms with Gasteiger partial charge in [0.05, 0.1) is 17.8 Å². The number of rotatable bonds is 3. The van der Waals surface area contributed by atoms with Gasteiger partial charge in [-0.3, -0.25) is 0 Å². The highest BCUT2D eigenvalue weighted by atomic mass is 16.5. The molecule has 0 fully saturated rings. The van der Waals surface area contributed by atoms with Gasteiger partial charge in [0.1, 0.15) is 6.10 Å². The number of hydrogen-bond acceptors (Lipinski definition) is 3. The summed E-state index contributed by atoms with van der Waals surface area (Å²) in [6.07, 6.45) is -0.530. The van der Waals surface area contributed by atoms with Crippen molar-refractivity contribution >= 4 is 0 Å². The molecule has 0 aromatic carbocycles. The van der Waals surface area contributed by atoms with Crippen molar-refractivity contribution in [1.29, 1.82) is 0 Å². The van der Waals surface area contributed by atoms with Crippen molar-refractivity contribution in [2.24, 2.45) is 0 Å². The van der Waals surface area contributed by atoms with Gasteiger partial charge >= 0.3 is 0 Å². The van der Waals surface area contributed by atoms with Crippen LogP contribution in [0, 0.1) is 0 Å². The first-order chi connectivity index (χ1) is 5.17. The minimum atomic E-state index is -0.998. The lowest BCUT2D eigenvalue weighted by atomic mass is 10.0. The Morgan fingerprint density at radius 3 is 1.67 bits per heavy atom. The number of hydrogen-bond donors (Lipinski definition) is 2. The quantitative estimate of drug-likeness (QED) is 0.672. The predicted molar refractivity (Wildman–Crippen MR) is 48.0 cm³/mol. The molecule has 0 aliphatic carbocycles. The van der Waals surface area contributed by atoms with Crippen LogP contribution in [0.4, 0.5) is 0 Å². The molecular weight excluding hydrogens is 156 g/mol. The zero-order chi connectivity index (χ0) is 9.99. The maximum absolute atomic E-state index is 9.56. The summed E-state index contributed by atoms with van der Waals surface area (Å²) in [4.78, 5) is 0. The Morgan fingerprint density at radius 2 is 1.58 bits per heavy atom. The van der Waals surface area contributed by atoms with Gasteiger partial charge in [0.15, 0.2) is 0 Å². The number of aliphatic hydroxyl groups is 2. The van der Waals surface area contributed by atoms with Gasteiger partial charge in [-0.2, -0.15) is 0 Å². The molecule has 0 saturated carbocycles. The fourth-order valence-electron chi connectivity index (χ4n) is 0.832. The van der Waals surface area contributed by atoms with Crippen LogP contribution in [-0.4, -0.2) is 34.1 Å². The Balaban J connectivity index is 4.20. The lowest BCUT2D eigenvalue weighted by Crippen LogP contribution is -2.45. The summed E-state index contributed by atoms with van der Waals surface area (Å²) >= 11 is 0. The molecule has 0 bridgehead atoms. The Bertz CT molecular complexity index is 130. The Labute approximate surface area is 74.4 Å². The average molecular weight is 176 g/mol. The van der Waals surface area contributed by atoms with Crippen LogP contribution in [0.1, 0.15) is 34.6 Å². The highest BCUT2D eigenvalue weighted by molar-refractivity contribution is 4.79. The van der Waals surface area contributed by atoms with E-state index in [1.54, 1.807) is 13.8 Å². The maximum atomic E-state index is 9.56. The van der Waals surface area contributed by atoms with Crippen molar-refractivity contribution in [2.75, 3.05) is 6.61 Å². The zero-order valence-electron chi connectivity index (χ0n) is 8.59. The second-order valence-corrected chi connectivity index (χ2v) is 4.56. The summed E-state index contributed by atoms with van der Waals surface area (Å²) in [7, 11) is 0. The van der Waals surface area contributed by atoms with E-state index in [0.717, 1.165) is 0 Å². The molecular formula is C9H20O3. The molecule has 0 aliphatic rings. The predicted octanol–water partition coefficient (Wildman–Crippen LogP) is 0.933. The van der Waals surface area contributed by atoms with Crippen LogP contribution in [0.15, 0.2) is 0 Å². The first kappa shape index (κ1) is 11.9. The van der Waals surface area contributed by atoms with E-state index < -0.39 is 11.7 Å². The third kappa shape index (κ3) is 4.70. The van der Waals surface area contributed by atoms with Crippen LogP contribution in [-0.2, 0) is 4.74 Å². The summed E-state index contributed by atoms with van der Waals surface area (Å²) in [6, 6.07) is 0. The normalized spacial score (nSPS) is 16.2. The molecule has 0 spiro atoms. The third-order valence-corrected chi connectivity index (χ3v) is 1.45. The van der Waals surface area contributed by atoms with Crippen LogP contribution in [0.5, 0.6) is 0 Å². The van der Waals surface area contributed by atoms with Crippen LogP contribution in [0.25, 0.3) is 0 Å². The smallest absolute Gasteiger partial charge is 0.109 e. The van der Waals surface area contributed by atoms with E-state index in [1.807, 2.05) is 20.8 Å². The average Bonchev–Trinajstić information content (AvgIpc) is 1.78. The molecule has 0 aromatic rings. The molecule has 0 aromatic heterocycles. The fraction of sp³-hybridized carbons (Fsp3) is 1.00. The maximum Gasteiger partial charge on any atom is 0.109 e. The third-order valence-electron chi connectivity index (χ3n) is 1.45. The Morgan fingerprint density at radius 1 is 1.17 bits per heavy atom. The van der Waals surface area contributed by atoms with Crippen molar-refractivity contribution in [3.8, 4) is 0 Å². The van der Waals surface area contributed by atoms with Crippen molar-refractivity contribution in [1.82, 2.24) is 0 Å². The van der Waals surface area contributed by atoms with Crippen molar-refractivity contribution in [3.05, 3.63) is 0 Å². The molecule has 0 heterocycles. The molecule has 0 rings (SSSR count). The lowest BCUT2D eigenvalue weighted by Gasteiger charge is -2.33. The minimum Gasteiger partial charge on any atom is -0.394 e. The summed E-state index contributed by atoms with van der Waals surface area (Å²) < 4.78 is 5.45.